The molecule has 1 heterocycles. The number of amides is 1. The molecule has 1 amide bonds. The minimum Gasteiger partial charge on any atom is -0.345 e. The fourth-order valence-electron chi connectivity index (χ4n) is 2.09. The van der Waals surface area contributed by atoms with Crippen molar-refractivity contribution in [2.45, 2.75) is 25.9 Å². The van der Waals surface area contributed by atoms with Crippen LogP contribution in [-0.4, -0.2) is 44.9 Å². The molecule has 0 atom stereocenters. The van der Waals surface area contributed by atoms with Crippen LogP contribution in [-0.2, 0) is 4.79 Å². The lowest BCUT2D eigenvalue weighted by molar-refractivity contribution is -0.127. The summed E-state index contributed by atoms with van der Waals surface area (Å²) in [5.41, 5.74) is 2.21. The fourth-order valence-corrected chi connectivity index (χ4v) is 2.96. The Labute approximate surface area is 135 Å². The van der Waals surface area contributed by atoms with E-state index in [0.717, 1.165) is 17.4 Å². The first-order valence-electron chi connectivity index (χ1n) is 7.31. The highest BCUT2D eigenvalue weighted by Crippen LogP contribution is 2.20. The maximum absolute atomic E-state index is 12.1. The Morgan fingerprint density at radius 3 is 2.64 bits per heavy atom. The molecule has 0 bridgehead atoms. The second-order valence-electron chi connectivity index (χ2n) is 5.78. The van der Waals surface area contributed by atoms with Gasteiger partial charge in [0.15, 0.2) is 5.16 Å². The number of benzene rings is 1. The van der Waals surface area contributed by atoms with Crippen molar-refractivity contribution in [3.05, 3.63) is 36.2 Å². The van der Waals surface area contributed by atoms with Crippen LogP contribution in [0.1, 0.15) is 19.4 Å². The van der Waals surface area contributed by atoms with Crippen molar-refractivity contribution < 1.29 is 4.79 Å². The summed E-state index contributed by atoms with van der Waals surface area (Å²) in [7, 11) is 1.84. The molecule has 6 heteroatoms. The molecule has 0 aliphatic rings. The van der Waals surface area contributed by atoms with E-state index < -0.39 is 0 Å². The predicted octanol–water partition coefficient (Wildman–Crippen LogP) is 2.78. The van der Waals surface area contributed by atoms with Crippen molar-refractivity contribution in [3.63, 3.8) is 0 Å². The summed E-state index contributed by atoms with van der Waals surface area (Å²) in [6.07, 6.45) is 1.68. The summed E-state index contributed by atoms with van der Waals surface area (Å²) < 4.78 is 1.90. The summed E-state index contributed by atoms with van der Waals surface area (Å²) in [5.74, 6) is 0.945. The number of thioether (sulfide) groups is 1. The second-order valence-corrected chi connectivity index (χ2v) is 6.72. The van der Waals surface area contributed by atoms with E-state index in [0.29, 0.717) is 11.7 Å². The fraction of sp³-hybridized carbons (Fsp3) is 0.438. The van der Waals surface area contributed by atoms with E-state index in [-0.39, 0.29) is 5.91 Å². The number of aryl methyl sites for hydroxylation is 1. The number of hydrogen-bond donors (Lipinski definition) is 0. The van der Waals surface area contributed by atoms with E-state index in [1.54, 1.807) is 11.2 Å². The average molecular weight is 318 g/mol. The minimum atomic E-state index is 0.108. The van der Waals surface area contributed by atoms with Gasteiger partial charge in [-0.05, 0) is 25.0 Å². The Balaban J connectivity index is 2.01. The molecule has 2 rings (SSSR count). The molecule has 0 aliphatic carbocycles. The van der Waals surface area contributed by atoms with Crippen LogP contribution in [0, 0.1) is 12.8 Å². The van der Waals surface area contributed by atoms with E-state index in [9.17, 15) is 4.79 Å². The molecule has 0 radical (unpaired) electrons. The van der Waals surface area contributed by atoms with E-state index in [4.69, 9.17) is 0 Å². The van der Waals surface area contributed by atoms with Crippen LogP contribution in [0.3, 0.4) is 0 Å². The standard InChI is InChI=1S/C16H22N4OS/c1-12(2)9-19(4)15(21)10-22-16-18-17-11-20(16)14-7-5-13(3)6-8-14/h5-8,11-12H,9-10H2,1-4H3. The van der Waals surface area contributed by atoms with Crippen LogP contribution in [0.2, 0.25) is 0 Å². The van der Waals surface area contributed by atoms with Gasteiger partial charge in [0, 0.05) is 19.3 Å². The van der Waals surface area contributed by atoms with Gasteiger partial charge in [-0.3, -0.25) is 9.36 Å². The molecule has 0 saturated carbocycles. The summed E-state index contributed by atoms with van der Waals surface area (Å²) in [5, 5.41) is 8.80. The Bertz CT molecular complexity index is 621. The van der Waals surface area contributed by atoms with Crippen molar-refractivity contribution in [3.8, 4) is 5.69 Å². The zero-order valence-corrected chi connectivity index (χ0v) is 14.3. The van der Waals surface area contributed by atoms with Gasteiger partial charge < -0.3 is 4.90 Å². The summed E-state index contributed by atoms with van der Waals surface area (Å²) in [4.78, 5) is 13.9. The molecule has 1 aromatic carbocycles. The smallest absolute Gasteiger partial charge is 0.232 e. The topological polar surface area (TPSA) is 51.0 Å². The van der Waals surface area contributed by atoms with E-state index in [1.165, 1.54) is 17.3 Å². The SMILES string of the molecule is Cc1ccc(-n2cnnc2SCC(=O)N(C)CC(C)C)cc1. The van der Waals surface area contributed by atoms with Crippen LogP contribution in [0.15, 0.2) is 35.7 Å². The maximum atomic E-state index is 12.1. The lowest BCUT2D eigenvalue weighted by Crippen LogP contribution is -2.31. The van der Waals surface area contributed by atoms with Crippen LogP contribution >= 0.6 is 11.8 Å². The molecule has 22 heavy (non-hydrogen) atoms. The van der Waals surface area contributed by atoms with Crippen molar-refractivity contribution in [2.24, 2.45) is 5.92 Å². The van der Waals surface area contributed by atoms with Gasteiger partial charge in [0.2, 0.25) is 5.91 Å². The number of hydrogen-bond acceptors (Lipinski definition) is 4. The van der Waals surface area contributed by atoms with Gasteiger partial charge in [0.05, 0.1) is 5.75 Å². The van der Waals surface area contributed by atoms with Gasteiger partial charge in [-0.1, -0.05) is 43.3 Å². The second kappa shape index (κ2) is 7.45. The first kappa shape index (κ1) is 16.5. The molecule has 0 saturated heterocycles. The quantitative estimate of drug-likeness (QED) is 0.769. The average Bonchev–Trinajstić information content (AvgIpc) is 2.93. The molecule has 0 fully saturated rings. The molecular formula is C16H22N4OS. The van der Waals surface area contributed by atoms with Crippen LogP contribution in [0.5, 0.6) is 0 Å². The molecular weight excluding hydrogens is 296 g/mol. The van der Waals surface area contributed by atoms with Gasteiger partial charge in [-0.25, -0.2) is 0 Å². The molecule has 0 N–H and O–H groups in total. The zero-order valence-electron chi connectivity index (χ0n) is 13.5. The number of aromatic nitrogens is 3. The molecule has 5 nitrogen and oxygen atoms in total. The third kappa shape index (κ3) is 4.34. The van der Waals surface area contributed by atoms with Crippen LogP contribution in [0.4, 0.5) is 0 Å². The molecule has 0 spiro atoms. The largest absolute Gasteiger partial charge is 0.345 e. The summed E-state index contributed by atoms with van der Waals surface area (Å²) in [6, 6.07) is 8.14. The van der Waals surface area contributed by atoms with Gasteiger partial charge in [-0.15, -0.1) is 10.2 Å². The highest BCUT2D eigenvalue weighted by molar-refractivity contribution is 7.99. The van der Waals surface area contributed by atoms with Gasteiger partial charge in [0.1, 0.15) is 6.33 Å². The van der Waals surface area contributed by atoms with Crippen molar-refractivity contribution in [1.82, 2.24) is 19.7 Å². The Morgan fingerprint density at radius 2 is 2.00 bits per heavy atom. The van der Waals surface area contributed by atoms with Crippen molar-refractivity contribution >= 4 is 17.7 Å². The number of rotatable bonds is 6. The van der Waals surface area contributed by atoms with E-state index in [1.807, 2.05) is 35.9 Å². The van der Waals surface area contributed by atoms with Gasteiger partial charge in [0.25, 0.3) is 0 Å². The predicted molar refractivity (Wildman–Crippen MR) is 89.3 cm³/mol. The highest BCUT2D eigenvalue weighted by atomic mass is 32.2. The zero-order chi connectivity index (χ0) is 16.1. The Hall–Kier alpha value is -1.82. The monoisotopic (exact) mass is 318 g/mol. The Kier molecular flexibility index (Phi) is 5.60. The molecule has 2 aromatic rings. The number of carbonyl (C=O) groups excluding carboxylic acids is 1. The minimum absolute atomic E-state index is 0.108. The third-order valence-corrected chi connectivity index (χ3v) is 4.15. The lowest BCUT2D eigenvalue weighted by Gasteiger charge is -2.19. The molecule has 0 aliphatic heterocycles. The highest BCUT2D eigenvalue weighted by Gasteiger charge is 2.13. The third-order valence-electron chi connectivity index (χ3n) is 3.22. The van der Waals surface area contributed by atoms with Crippen molar-refractivity contribution in [2.75, 3.05) is 19.3 Å². The normalized spacial score (nSPS) is 11.0. The van der Waals surface area contributed by atoms with Crippen LogP contribution in [0.25, 0.3) is 5.69 Å². The van der Waals surface area contributed by atoms with Crippen molar-refractivity contribution in [1.29, 1.82) is 0 Å². The van der Waals surface area contributed by atoms with Crippen LogP contribution < -0.4 is 0 Å². The first-order chi connectivity index (χ1) is 10.5. The Morgan fingerprint density at radius 1 is 1.32 bits per heavy atom. The molecule has 0 unspecified atom stereocenters. The summed E-state index contributed by atoms with van der Waals surface area (Å²) >= 11 is 1.41. The maximum Gasteiger partial charge on any atom is 0.232 e. The number of nitrogens with zero attached hydrogens (tertiary/aromatic N) is 4. The summed E-state index contributed by atoms with van der Waals surface area (Å²) in [6.45, 7) is 7.02. The van der Waals surface area contributed by atoms with E-state index in [2.05, 4.69) is 31.0 Å². The lowest BCUT2D eigenvalue weighted by atomic mass is 10.2. The molecule has 118 valence electrons. The number of carbonyl (C=O) groups is 1. The van der Waals surface area contributed by atoms with Gasteiger partial charge in [-0.2, -0.15) is 0 Å². The molecule has 1 aromatic heterocycles. The van der Waals surface area contributed by atoms with Gasteiger partial charge >= 0.3 is 0 Å². The first-order valence-corrected chi connectivity index (χ1v) is 8.29. The van der Waals surface area contributed by atoms with E-state index >= 15 is 0 Å².